The smallest absolute Gasteiger partial charge is 0.263 e. The number of nitrogens with one attached hydrogen (secondary N) is 1. The molecule has 0 radical (unpaired) electrons. The van der Waals surface area contributed by atoms with Crippen LogP contribution in [0.5, 0.6) is 0 Å². The van der Waals surface area contributed by atoms with Gasteiger partial charge in [0, 0.05) is 27.7 Å². The highest BCUT2D eigenvalue weighted by Crippen LogP contribution is 2.39. The molecule has 1 amide bonds. The average molecular weight is 485 g/mol. The molecule has 4 aromatic heterocycles. The second-order valence-electron chi connectivity index (χ2n) is 7.08. The van der Waals surface area contributed by atoms with Crippen molar-refractivity contribution in [2.75, 3.05) is 11.1 Å². The topological polar surface area (TPSA) is 87.8 Å². The van der Waals surface area contributed by atoms with Gasteiger partial charge >= 0.3 is 0 Å². The minimum atomic E-state index is -0.207. The SMILES string of the molecule is Cn1c(SCC(=O)Nc2sc3c(c2C#N)CCC3)nc2scc(-c3cccs3)c2c1=O. The average Bonchev–Trinajstić information content (AvgIpc) is 3.53. The first-order chi connectivity index (χ1) is 15.1. The first-order valence-electron chi connectivity index (χ1n) is 9.56. The molecule has 10 heteroatoms. The van der Waals surface area contributed by atoms with E-state index in [1.165, 1.54) is 43.9 Å². The van der Waals surface area contributed by atoms with Gasteiger partial charge < -0.3 is 5.32 Å². The summed E-state index contributed by atoms with van der Waals surface area (Å²) in [5.41, 5.74) is 2.48. The highest BCUT2D eigenvalue weighted by molar-refractivity contribution is 7.99. The number of nitriles is 1. The van der Waals surface area contributed by atoms with Crippen molar-refractivity contribution in [2.24, 2.45) is 7.05 Å². The molecule has 0 unspecified atom stereocenters. The first kappa shape index (κ1) is 20.5. The summed E-state index contributed by atoms with van der Waals surface area (Å²) in [6.45, 7) is 0. The second-order valence-corrected chi connectivity index (χ2v) is 10.9. The number of aromatic nitrogens is 2. The van der Waals surface area contributed by atoms with E-state index in [1.54, 1.807) is 18.4 Å². The van der Waals surface area contributed by atoms with E-state index in [0.29, 0.717) is 25.9 Å². The van der Waals surface area contributed by atoms with E-state index in [2.05, 4.69) is 16.4 Å². The maximum absolute atomic E-state index is 13.0. The van der Waals surface area contributed by atoms with Crippen LogP contribution in [0.4, 0.5) is 5.00 Å². The van der Waals surface area contributed by atoms with Crippen molar-refractivity contribution < 1.29 is 4.79 Å². The Morgan fingerprint density at radius 3 is 3.03 bits per heavy atom. The minimum Gasteiger partial charge on any atom is -0.316 e. The Labute approximate surface area is 194 Å². The molecule has 1 aliphatic carbocycles. The summed E-state index contributed by atoms with van der Waals surface area (Å²) in [6.07, 6.45) is 2.94. The zero-order chi connectivity index (χ0) is 21.5. The van der Waals surface area contributed by atoms with Gasteiger partial charge in [-0.25, -0.2) is 4.98 Å². The lowest BCUT2D eigenvalue weighted by Crippen LogP contribution is -2.21. The number of carbonyl (C=O) groups excluding carboxylic acids is 1. The summed E-state index contributed by atoms with van der Waals surface area (Å²) in [4.78, 5) is 33.1. The molecule has 0 spiro atoms. The molecule has 0 fully saturated rings. The number of aryl methyl sites for hydroxylation is 1. The Kier molecular flexibility index (Phi) is 5.44. The van der Waals surface area contributed by atoms with Gasteiger partial charge in [0.1, 0.15) is 15.9 Å². The van der Waals surface area contributed by atoms with Crippen LogP contribution < -0.4 is 10.9 Å². The van der Waals surface area contributed by atoms with E-state index in [1.807, 2.05) is 22.9 Å². The van der Waals surface area contributed by atoms with Crippen LogP contribution in [0.1, 0.15) is 22.4 Å². The Morgan fingerprint density at radius 2 is 2.26 bits per heavy atom. The maximum atomic E-state index is 13.0. The molecule has 0 atom stereocenters. The fourth-order valence-corrected chi connectivity index (χ4v) is 7.53. The van der Waals surface area contributed by atoms with Crippen LogP contribution in [0.15, 0.2) is 32.8 Å². The van der Waals surface area contributed by atoms with Crippen molar-refractivity contribution in [2.45, 2.75) is 24.4 Å². The zero-order valence-corrected chi connectivity index (χ0v) is 19.7. The normalized spacial score (nSPS) is 12.8. The number of amides is 1. The van der Waals surface area contributed by atoms with E-state index in [9.17, 15) is 14.9 Å². The highest BCUT2D eigenvalue weighted by atomic mass is 32.2. The number of rotatable bonds is 5. The lowest BCUT2D eigenvalue weighted by Gasteiger charge is -2.08. The molecule has 0 saturated carbocycles. The summed E-state index contributed by atoms with van der Waals surface area (Å²) in [6, 6.07) is 6.20. The second kappa shape index (κ2) is 8.24. The predicted molar refractivity (Wildman–Crippen MR) is 129 cm³/mol. The van der Waals surface area contributed by atoms with E-state index in [0.717, 1.165) is 35.3 Å². The van der Waals surface area contributed by atoms with E-state index < -0.39 is 0 Å². The third-order valence-electron chi connectivity index (χ3n) is 5.18. The van der Waals surface area contributed by atoms with Crippen LogP contribution >= 0.6 is 45.8 Å². The number of thiophene rings is 3. The number of carbonyl (C=O) groups is 1. The van der Waals surface area contributed by atoms with E-state index in [4.69, 9.17) is 0 Å². The summed E-state index contributed by atoms with van der Waals surface area (Å²) in [7, 11) is 1.68. The van der Waals surface area contributed by atoms with Crippen molar-refractivity contribution in [1.82, 2.24) is 9.55 Å². The predicted octanol–water partition coefficient (Wildman–Crippen LogP) is 4.88. The van der Waals surface area contributed by atoms with Gasteiger partial charge in [-0.2, -0.15) is 5.26 Å². The lowest BCUT2D eigenvalue weighted by atomic mass is 10.1. The van der Waals surface area contributed by atoms with Gasteiger partial charge in [-0.3, -0.25) is 14.2 Å². The van der Waals surface area contributed by atoms with Gasteiger partial charge in [0.15, 0.2) is 5.16 Å². The van der Waals surface area contributed by atoms with Gasteiger partial charge in [0.2, 0.25) is 5.91 Å². The summed E-state index contributed by atoms with van der Waals surface area (Å²) >= 11 is 5.75. The number of hydrogen-bond donors (Lipinski definition) is 1. The molecule has 0 aromatic carbocycles. The van der Waals surface area contributed by atoms with Crippen molar-refractivity contribution in [3.8, 4) is 16.5 Å². The number of hydrogen-bond acceptors (Lipinski definition) is 8. The third kappa shape index (κ3) is 3.61. The van der Waals surface area contributed by atoms with E-state index >= 15 is 0 Å². The van der Waals surface area contributed by atoms with Gasteiger partial charge in [-0.15, -0.1) is 34.0 Å². The van der Waals surface area contributed by atoms with Crippen LogP contribution in [0.25, 0.3) is 20.7 Å². The number of anilines is 1. The van der Waals surface area contributed by atoms with Crippen molar-refractivity contribution in [3.63, 3.8) is 0 Å². The molecule has 0 bridgehead atoms. The Morgan fingerprint density at radius 1 is 1.39 bits per heavy atom. The first-order valence-corrected chi connectivity index (χ1v) is 13.1. The van der Waals surface area contributed by atoms with Gasteiger partial charge in [0.25, 0.3) is 5.56 Å². The quantitative estimate of drug-likeness (QED) is 0.322. The summed E-state index contributed by atoms with van der Waals surface area (Å²) < 4.78 is 1.50. The largest absolute Gasteiger partial charge is 0.316 e. The van der Waals surface area contributed by atoms with Crippen LogP contribution in [-0.4, -0.2) is 21.2 Å². The molecule has 5 rings (SSSR count). The molecule has 0 saturated heterocycles. The fourth-order valence-electron chi connectivity index (χ4n) is 3.70. The molecule has 1 aliphatic rings. The number of thioether (sulfide) groups is 1. The van der Waals surface area contributed by atoms with Crippen LogP contribution in [0.2, 0.25) is 0 Å². The Hall–Kier alpha value is -2.45. The van der Waals surface area contributed by atoms with Crippen molar-refractivity contribution in [1.29, 1.82) is 5.26 Å². The molecule has 4 aromatic rings. The molecule has 0 aliphatic heterocycles. The van der Waals surface area contributed by atoms with E-state index in [-0.39, 0.29) is 17.2 Å². The van der Waals surface area contributed by atoms with Gasteiger partial charge in [-0.1, -0.05) is 17.8 Å². The van der Waals surface area contributed by atoms with Crippen LogP contribution in [0.3, 0.4) is 0 Å². The third-order valence-corrected chi connectivity index (χ3v) is 9.19. The Balaban J connectivity index is 1.36. The molecule has 156 valence electrons. The summed E-state index contributed by atoms with van der Waals surface area (Å²) in [5.74, 6) is -0.0937. The molecule has 6 nitrogen and oxygen atoms in total. The maximum Gasteiger partial charge on any atom is 0.263 e. The van der Waals surface area contributed by atoms with Crippen molar-refractivity contribution >= 4 is 66.9 Å². The Bertz CT molecular complexity index is 1410. The van der Waals surface area contributed by atoms with Crippen LogP contribution in [0, 0.1) is 11.3 Å². The molecule has 31 heavy (non-hydrogen) atoms. The molecular formula is C21H16N4O2S4. The lowest BCUT2D eigenvalue weighted by molar-refractivity contribution is -0.113. The molecular weight excluding hydrogens is 469 g/mol. The van der Waals surface area contributed by atoms with Gasteiger partial charge in [-0.05, 0) is 36.3 Å². The molecule has 1 N–H and O–H groups in total. The van der Waals surface area contributed by atoms with Gasteiger partial charge in [0.05, 0.1) is 16.7 Å². The summed E-state index contributed by atoms with van der Waals surface area (Å²) in [5, 5.41) is 18.1. The molecule has 4 heterocycles. The number of nitrogens with zero attached hydrogens (tertiary/aromatic N) is 3. The van der Waals surface area contributed by atoms with Crippen LogP contribution in [-0.2, 0) is 24.7 Å². The number of fused-ring (bicyclic) bond motifs is 2. The minimum absolute atomic E-state index is 0.112. The monoisotopic (exact) mass is 484 g/mol. The highest BCUT2D eigenvalue weighted by Gasteiger charge is 2.23. The van der Waals surface area contributed by atoms with Crippen molar-refractivity contribution in [3.05, 3.63) is 49.3 Å². The standard InChI is InChI=1S/C21H16N4O2S4/c1-25-20(27)17-13(14-6-3-7-28-14)9-29-19(17)24-21(25)30-10-16(26)23-18-12(8-22)11-4-2-5-15(11)31-18/h3,6-7,9H,2,4-5,10H2,1H3,(H,23,26). The zero-order valence-electron chi connectivity index (χ0n) is 16.4. The fraction of sp³-hybridized carbons (Fsp3) is 0.238.